The van der Waals surface area contributed by atoms with Crippen molar-refractivity contribution < 1.29 is 0 Å². The molecule has 11 rings (SSSR count). The summed E-state index contributed by atoms with van der Waals surface area (Å²) in [5.41, 5.74) is 17.3. The number of nitrogens with zero attached hydrogens (tertiary/aromatic N) is 1. The van der Waals surface area contributed by atoms with Crippen LogP contribution in [-0.4, -0.2) is 0 Å². The SMILES string of the molecule is c1ccc(-c2cc(-c3ccccc3)cc(N(c3ccc(-c4ccccc4)cc3-c3ccccc3)c3cccc4c3c(-c3ccccc3)c(-c3ccccc3)c3ccccc34)c2)cc1. The van der Waals surface area contributed by atoms with Crippen molar-refractivity contribution in [2.75, 3.05) is 4.90 Å². The van der Waals surface area contributed by atoms with Gasteiger partial charge in [0.05, 0.1) is 11.4 Å². The van der Waals surface area contributed by atoms with E-state index in [1.165, 1.54) is 66.1 Å². The molecule has 296 valence electrons. The van der Waals surface area contributed by atoms with Gasteiger partial charge in [-0.1, -0.05) is 224 Å². The molecule has 0 saturated heterocycles. The van der Waals surface area contributed by atoms with Crippen molar-refractivity contribution in [3.63, 3.8) is 0 Å². The summed E-state index contributed by atoms with van der Waals surface area (Å²) in [5.74, 6) is 0. The van der Waals surface area contributed by atoms with Crippen LogP contribution in [0.25, 0.3) is 88.3 Å². The van der Waals surface area contributed by atoms with Crippen molar-refractivity contribution >= 4 is 38.6 Å². The minimum atomic E-state index is 1.07. The highest BCUT2D eigenvalue weighted by molar-refractivity contribution is 6.25. The topological polar surface area (TPSA) is 3.24 Å². The average Bonchev–Trinajstić information content (AvgIpc) is 3.37. The first-order valence-corrected chi connectivity index (χ1v) is 21.7. The van der Waals surface area contributed by atoms with Gasteiger partial charge in [-0.3, -0.25) is 0 Å². The maximum absolute atomic E-state index is 2.54. The molecule has 0 aliphatic carbocycles. The van der Waals surface area contributed by atoms with E-state index in [9.17, 15) is 0 Å². The molecule has 0 amide bonds. The summed E-state index contributed by atoms with van der Waals surface area (Å²) in [4.78, 5) is 2.54. The third-order valence-corrected chi connectivity index (χ3v) is 12.2. The van der Waals surface area contributed by atoms with E-state index in [0.29, 0.717) is 0 Å². The molecule has 0 radical (unpaired) electrons. The Hall–Kier alpha value is -8.26. The van der Waals surface area contributed by atoms with Crippen LogP contribution < -0.4 is 4.90 Å². The van der Waals surface area contributed by atoms with Gasteiger partial charge in [0.15, 0.2) is 0 Å². The molecule has 0 unspecified atom stereocenters. The number of anilines is 3. The fraction of sp³-hybridized carbons (Fsp3) is 0. The summed E-state index contributed by atoms with van der Waals surface area (Å²) in [7, 11) is 0. The van der Waals surface area contributed by atoms with Crippen LogP contribution in [0.2, 0.25) is 0 Å². The van der Waals surface area contributed by atoms with Crippen LogP contribution in [0.5, 0.6) is 0 Å². The maximum atomic E-state index is 2.54. The zero-order valence-electron chi connectivity index (χ0n) is 34.8. The molecule has 0 atom stereocenters. The van der Waals surface area contributed by atoms with Crippen LogP contribution in [0, 0.1) is 0 Å². The van der Waals surface area contributed by atoms with E-state index in [2.05, 4.69) is 266 Å². The first-order chi connectivity index (χ1) is 31.3. The summed E-state index contributed by atoms with van der Waals surface area (Å²) in [6, 6.07) is 95.0. The van der Waals surface area contributed by atoms with Crippen LogP contribution in [0.1, 0.15) is 0 Å². The van der Waals surface area contributed by atoms with Crippen molar-refractivity contribution in [3.05, 3.63) is 261 Å². The summed E-state index contributed by atoms with van der Waals surface area (Å²) >= 11 is 0. The molecule has 1 nitrogen and oxygen atoms in total. The van der Waals surface area contributed by atoms with Crippen LogP contribution in [0.4, 0.5) is 17.1 Å². The zero-order valence-corrected chi connectivity index (χ0v) is 34.8. The lowest BCUT2D eigenvalue weighted by molar-refractivity contribution is 1.30. The standard InChI is InChI=1S/C62H43N/c1-7-22-44(23-8-1)50-38-39-58(57(43-50)47-28-13-4-14-29-47)63(53-41-51(45-24-9-2-10-25-45)40-52(42-53)46-26-11-3-12-27-46)59-37-21-36-56-54-34-19-20-35-55(54)60(48-30-15-5-16-31-48)61(62(56)59)49-32-17-6-18-33-49/h1-43H. The molecule has 0 aliphatic rings. The summed E-state index contributed by atoms with van der Waals surface area (Å²) in [5, 5.41) is 4.85. The van der Waals surface area contributed by atoms with E-state index in [-0.39, 0.29) is 0 Å². The highest BCUT2D eigenvalue weighted by atomic mass is 15.1. The van der Waals surface area contributed by atoms with Crippen molar-refractivity contribution in [2.45, 2.75) is 0 Å². The Morgan fingerprint density at radius 3 is 1.19 bits per heavy atom. The van der Waals surface area contributed by atoms with Gasteiger partial charge in [0.25, 0.3) is 0 Å². The Kier molecular flexibility index (Phi) is 9.97. The van der Waals surface area contributed by atoms with E-state index in [0.717, 1.165) is 39.3 Å². The first kappa shape index (κ1) is 37.7. The number of hydrogen-bond acceptors (Lipinski definition) is 1. The van der Waals surface area contributed by atoms with Gasteiger partial charge in [0, 0.05) is 22.2 Å². The van der Waals surface area contributed by atoms with Gasteiger partial charge in [-0.05, 0) is 108 Å². The lowest BCUT2D eigenvalue weighted by atomic mass is 9.84. The molecule has 1 heteroatoms. The van der Waals surface area contributed by atoms with Gasteiger partial charge in [-0.15, -0.1) is 0 Å². The van der Waals surface area contributed by atoms with Crippen molar-refractivity contribution in [3.8, 4) is 66.8 Å². The Morgan fingerprint density at radius 1 is 0.222 bits per heavy atom. The van der Waals surface area contributed by atoms with Gasteiger partial charge < -0.3 is 4.90 Å². The normalized spacial score (nSPS) is 11.2. The van der Waals surface area contributed by atoms with Gasteiger partial charge in [0.2, 0.25) is 0 Å². The first-order valence-electron chi connectivity index (χ1n) is 21.7. The second-order valence-corrected chi connectivity index (χ2v) is 16.0. The minimum absolute atomic E-state index is 1.07. The van der Waals surface area contributed by atoms with E-state index in [1.54, 1.807) is 0 Å². The number of benzene rings is 11. The van der Waals surface area contributed by atoms with Crippen LogP contribution in [-0.2, 0) is 0 Å². The van der Waals surface area contributed by atoms with Crippen LogP contribution in [0.3, 0.4) is 0 Å². The van der Waals surface area contributed by atoms with Gasteiger partial charge in [-0.25, -0.2) is 0 Å². The third kappa shape index (κ3) is 7.16. The van der Waals surface area contributed by atoms with Gasteiger partial charge in [0.1, 0.15) is 0 Å². The molecule has 63 heavy (non-hydrogen) atoms. The monoisotopic (exact) mass is 801 g/mol. The Labute approximate surface area is 369 Å². The maximum Gasteiger partial charge on any atom is 0.0547 e. The van der Waals surface area contributed by atoms with Crippen molar-refractivity contribution in [1.29, 1.82) is 0 Å². The molecular formula is C62H43N. The molecular weight excluding hydrogens is 759 g/mol. The Bertz CT molecular complexity index is 3290. The molecule has 0 heterocycles. The predicted molar refractivity (Wildman–Crippen MR) is 269 cm³/mol. The largest absolute Gasteiger partial charge is 0.309 e. The second-order valence-electron chi connectivity index (χ2n) is 16.0. The highest BCUT2D eigenvalue weighted by Crippen LogP contribution is 2.52. The van der Waals surface area contributed by atoms with Crippen LogP contribution >= 0.6 is 0 Å². The summed E-state index contributed by atoms with van der Waals surface area (Å²) in [6.45, 7) is 0. The second kappa shape index (κ2) is 16.7. The fourth-order valence-electron chi connectivity index (χ4n) is 9.34. The average molecular weight is 802 g/mol. The van der Waals surface area contributed by atoms with E-state index < -0.39 is 0 Å². The summed E-state index contributed by atoms with van der Waals surface area (Å²) in [6.07, 6.45) is 0. The van der Waals surface area contributed by atoms with Crippen molar-refractivity contribution in [1.82, 2.24) is 0 Å². The molecule has 0 bridgehead atoms. The minimum Gasteiger partial charge on any atom is -0.309 e. The van der Waals surface area contributed by atoms with Crippen molar-refractivity contribution in [2.24, 2.45) is 0 Å². The molecule has 11 aromatic carbocycles. The summed E-state index contributed by atoms with van der Waals surface area (Å²) < 4.78 is 0. The molecule has 0 spiro atoms. The molecule has 0 aromatic heterocycles. The molecule has 0 fully saturated rings. The Balaban J connectivity index is 1.31. The molecule has 11 aromatic rings. The smallest absolute Gasteiger partial charge is 0.0547 e. The Morgan fingerprint density at radius 2 is 0.651 bits per heavy atom. The molecule has 0 aliphatic heterocycles. The van der Waals surface area contributed by atoms with E-state index in [1.807, 2.05) is 0 Å². The zero-order chi connectivity index (χ0) is 42.0. The lowest BCUT2D eigenvalue weighted by Gasteiger charge is -2.32. The highest BCUT2D eigenvalue weighted by Gasteiger charge is 2.26. The predicted octanol–water partition coefficient (Wildman–Crippen LogP) is 17.5. The number of rotatable bonds is 9. The van der Waals surface area contributed by atoms with E-state index in [4.69, 9.17) is 0 Å². The number of hydrogen-bond donors (Lipinski definition) is 0. The quantitative estimate of drug-likeness (QED) is 0.131. The van der Waals surface area contributed by atoms with Gasteiger partial charge >= 0.3 is 0 Å². The molecule has 0 N–H and O–H groups in total. The number of fused-ring (bicyclic) bond motifs is 3. The fourth-order valence-corrected chi connectivity index (χ4v) is 9.34. The molecule has 0 saturated carbocycles. The van der Waals surface area contributed by atoms with E-state index >= 15 is 0 Å². The third-order valence-electron chi connectivity index (χ3n) is 12.2. The lowest BCUT2D eigenvalue weighted by Crippen LogP contribution is -2.13. The van der Waals surface area contributed by atoms with Crippen LogP contribution in [0.15, 0.2) is 261 Å². The van der Waals surface area contributed by atoms with Gasteiger partial charge in [-0.2, -0.15) is 0 Å².